The second-order valence-electron chi connectivity index (χ2n) is 7.27. The molecule has 0 aliphatic carbocycles. The Kier molecular flexibility index (Phi) is 5.04. The highest BCUT2D eigenvalue weighted by atomic mass is 16.5. The molecule has 0 saturated carbocycles. The van der Waals surface area contributed by atoms with Crippen LogP contribution in [-0.2, 0) is 4.74 Å². The van der Waals surface area contributed by atoms with Crippen LogP contribution < -0.4 is 5.56 Å². The normalized spacial score (nSPS) is 21.8. The molecule has 6 nitrogen and oxygen atoms in total. The molecule has 1 N–H and O–H groups in total. The quantitative estimate of drug-likeness (QED) is 0.910. The third kappa shape index (κ3) is 3.66. The highest BCUT2D eigenvalue weighted by Crippen LogP contribution is 2.20. The van der Waals surface area contributed by atoms with Crippen LogP contribution in [0.1, 0.15) is 23.2 Å². The number of para-hydroxylation sites is 1. The highest BCUT2D eigenvalue weighted by Gasteiger charge is 2.27. The van der Waals surface area contributed by atoms with Crippen LogP contribution >= 0.6 is 0 Å². The van der Waals surface area contributed by atoms with E-state index in [0.29, 0.717) is 5.92 Å². The van der Waals surface area contributed by atoms with Crippen LogP contribution in [0.2, 0.25) is 0 Å². The average Bonchev–Trinajstić information content (AvgIpc) is 2.68. The van der Waals surface area contributed by atoms with Crippen molar-refractivity contribution < 1.29 is 9.53 Å². The van der Waals surface area contributed by atoms with Gasteiger partial charge < -0.3 is 14.6 Å². The molecule has 26 heavy (non-hydrogen) atoms. The van der Waals surface area contributed by atoms with Gasteiger partial charge in [0.25, 0.3) is 11.5 Å². The molecule has 3 heterocycles. The lowest BCUT2D eigenvalue weighted by molar-refractivity contribution is 0.0223. The Morgan fingerprint density at radius 2 is 2.00 bits per heavy atom. The molecule has 2 aliphatic rings. The summed E-state index contributed by atoms with van der Waals surface area (Å²) in [6.07, 6.45) is 2.13. The third-order valence-electron chi connectivity index (χ3n) is 5.41. The summed E-state index contributed by atoms with van der Waals surface area (Å²) in [7, 11) is 0. The second-order valence-corrected chi connectivity index (χ2v) is 7.27. The van der Waals surface area contributed by atoms with Crippen molar-refractivity contribution in [1.82, 2.24) is 14.8 Å². The summed E-state index contributed by atoms with van der Waals surface area (Å²) in [5.74, 6) is 0.314. The van der Waals surface area contributed by atoms with Gasteiger partial charge in [-0.1, -0.05) is 18.2 Å². The summed E-state index contributed by atoms with van der Waals surface area (Å²) in [5, 5.41) is 0.886. The van der Waals surface area contributed by atoms with Crippen molar-refractivity contribution in [3.8, 4) is 0 Å². The van der Waals surface area contributed by atoms with E-state index < -0.39 is 0 Å². The Morgan fingerprint density at radius 1 is 1.19 bits per heavy atom. The Labute approximate surface area is 152 Å². The zero-order chi connectivity index (χ0) is 17.9. The van der Waals surface area contributed by atoms with Crippen LogP contribution in [0.5, 0.6) is 0 Å². The first-order valence-electron chi connectivity index (χ1n) is 9.42. The number of aromatic amines is 1. The predicted molar refractivity (Wildman–Crippen MR) is 100 cm³/mol. The van der Waals surface area contributed by atoms with Gasteiger partial charge in [0.15, 0.2) is 0 Å². The number of ether oxygens (including phenoxy) is 1. The number of carbonyl (C=O) groups excluding carboxylic acids is 1. The Morgan fingerprint density at radius 3 is 2.85 bits per heavy atom. The minimum atomic E-state index is -0.302. The first kappa shape index (κ1) is 17.2. The minimum Gasteiger partial charge on any atom is -0.379 e. The minimum absolute atomic E-state index is 0.149. The molecule has 0 unspecified atom stereocenters. The van der Waals surface area contributed by atoms with E-state index in [1.54, 1.807) is 6.07 Å². The van der Waals surface area contributed by atoms with Gasteiger partial charge in [0.1, 0.15) is 5.56 Å². The van der Waals surface area contributed by atoms with E-state index in [1.165, 1.54) is 0 Å². The van der Waals surface area contributed by atoms with Crippen molar-refractivity contribution in [2.75, 3.05) is 45.9 Å². The molecule has 138 valence electrons. The van der Waals surface area contributed by atoms with Gasteiger partial charge in [-0.3, -0.25) is 14.5 Å². The number of benzene rings is 1. The lowest BCUT2D eigenvalue weighted by Gasteiger charge is -2.36. The lowest BCUT2D eigenvalue weighted by atomic mass is 9.96. The van der Waals surface area contributed by atoms with Crippen molar-refractivity contribution >= 4 is 16.8 Å². The summed E-state index contributed by atoms with van der Waals surface area (Å²) in [5.41, 5.74) is 0.706. The average molecular weight is 355 g/mol. The van der Waals surface area contributed by atoms with Crippen LogP contribution in [0.3, 0.4) is 0 Å². The maximum absolute atomic E-state index is 13.0. The molecule has 1 aromatic carbocycles. The van der Waals surface area contributed by atoms with Crippen molar-refractivity contribution in [2.24, 2.45) is 5.92 Å². The second kappa shape index (κ2) is 7.60. The number of fused-ring (bicyclic) bond motifs is 1. The van der Waals surface area contributed by atoms with Gasteiger partial charge in [0.05, 0.1) is 13.2 Å². The Bertz CT molecular complexity index is 842. The van der Waals surface area contributed by atoms with Crippen LogP contribution in [0.4, 0.5) is 0 Å². The summed E-state index contributed by atoms with van der Waals surface area (Å²) < 4.78 is 5.41. The monoisotopic (exact) mass is 355 g/mol. The van der Waals surface area contributed by atoms with Gasteiger partial charge in [-0.2, -0.15) is 0 Å². The highest BCUT2D eigenvalue weighted by molar-refractivity contribution is 5.97. The standard InChI is InChI=1S/C20H25N3O3/c24-19-17(12-16-5-1-2-6-18(16)21-19)20(25)23-7-3-4-15(14-23)13-22-8-10-26-11-9-22/h1-2,5-6,12,15H,3-4,7-11,13-14H2,(H,21,24)/t15-/m1/s1. The molecule has 1 atom stereocenters. The molecule has 4 rings (SSSR count). The Balaban J connectivity index is 1.48. The maximum Gasteiger partial charge on any atom is 0.261 e. The molecule has 2 aromatic rings. The molecule has 1 amide bonds. The molecule has 0 spiro atoms. The largest absolute Gasteiger partial charge is 0.379 e. The number of carbonyl (C=O) groups is 1. The number of pyridine rings is 1. The molecule has 2 saturated heterocycles. The number of nitrogens with zero attached hydrogens (tertiary/aromatic N) is 2. The van der Waals surface area contributed by atoms with Gasteiger partial charge in [0.2, 0.25) is 0 Å². The van der Waals surface area contributed by atoms with Gasteiger partial charge in [-0.05, 0) is 36.3 Å². The summed E-state index contributed by atoms with van der Waals surface area (Å²) in [6, 6.07) is 9.28. The van der Waals surface area contributed by atoms with E-state index >= 15 is 0 Å². The van der Waals surface area contributed by atoms with E-state index in [1.807, 2.05) is 29.2 Å². The summed E-state index contributed by atoms with van der Waals surface area (Å²) >= 11 is 0. The van der Waals surface area contributed by atoms with Crippen molar-refractivity contribution in [3.63, 3.8) is 0 Å². The van der Waals surface area contributed by atoms with Crippen LogP contribution in [0.15, 0.2) is 35.1 Å². The smallest absolute Gasteiger partial charge is 0.261 e. The zero-order valence-electron chi connectivity index (χ0n) is 14.9. The van der Waals surface area contributed by atoms with Crippen molar-refractivity contribution in [3.05, 3.63) is 46.2 Å². The molecule has 2 aliphatic heterocycles. The number of amides is 1. The number of aromatic nitrogens is 1. The van der Waals surface area contributed by atoms with Gasteiger partial charge in [-0.25, -0.2) is 0 Å². The number of piperidine rings is 1. The number of likely N-dealkylation sites (tertiary alicyclic amines) is 1. The molecule has 1 aromatic heterocycles. The van der Waals surface area contributed by atoms with E-state index in [4.69, 9.17) is 4.74 Å². The number of morpholine rings is 1. The topological polar surface area (TPSA) is 65.6 Å². The first-order chi connectivity index (χ1) is 12.7. The van der Waals surface area contributed by atoms with E-state index in [0.717, 1.165) is 69.7 Å². The number of H-pyrrole nitrogens is 1. The van der Waals surface area contributed by atoms with E-state index in [-0.39, 0.29) is 17.0 Å². The molecule has 0 bridgehead atoms. The molecular weight excluding hydrogens is 330 g/mol. The third-order valence-corrected chi connectivity index (χ3v) is 5.41. The maximum atomic E-state index is 13.0. The number of nitrogens with one attached hydrogen (secondary N) is 1. The van der Waals surface area contributed by atoms with Crippen LogP contribution in [0, 0.1) is 5.92 Å². The van der Waals surface area contributed by atoms with Gasteiger partial charge in [-0.15, -0.1) is 0 Å². The zero-order valence-corrected chi connectivity index (χ0v) is 14.9. The molecule has 2 fully saturated rings. The number of rotatable bonds is 3. The van der Waals surface area contributed by atoms with E-state index in [2.05, 4.69) is 9.88 Å². The van der Waals surface area contributed by atoms with Gasteiger partial charge in [0, 0.05) is 38.2 Å². The first-order valence-corrected chi connectivity index (χ1v) is 9.42. The molecule has 6 heteroatoms. The van der Waals surface area contributed by atoms with Crippen molar-refractivity contribution in [1.29, 1.82) is 0 Å². The van der Waals surface area contributed by atoms with Crippen molar-refractivity contribution in [2.45, 2.75) is 12.8 Å². The number of hydrogen-bond donors (Lipinski definition) is 1. The molecular formula is C20H25N3O3. The fourth-order valence-electron chi connectivity index (χ4n) is 4.02. The summed E-state index contributed by atoms with van der Waals surface area (Å²) in [6.45, 7) is 5.97. The molecule has 0 radical (unpaired) electrons. The Hall–Kier alpha value is -2.18. The lowest BCUT2D eigenvalue weighted by Crippen LogP contribution is -2.46. The fraction of sp³-hybridized carbons (Fsp3) is 0.500. The van der Waals surface area contributed by atoms with E-state index in [9.17, 15) is 9.59 Å². The van der Waals surface area contributed by atoms with Crippen LogP contribution in [-0.4, -0.2) is 66.6 Å². The van der Waals surface area contributed by atoms with Crippen LogP contribution in [0.25, 0.3) is 10.9 Å². The summed E-state index contributed by atoms with van der Waals surface area (Å²) in [4.78, 5) is 32.5. The van der Waals surface area contributed by atoms with Gasteiger partial charge >= 0.3 is 0 Å². The fourth-order valence-corrected chi connectivity index (χ4v) is 4.02. The SMILES string of the molecule is O=C(c1cc2ccccc2[nH]c1=O)N1CCC[C@H](CN2CCOCC2)C1. The predicted octanol–water partition coefficient (Wildman–Crippen LogP) is 1.71. The number of hydrogen-bond acceptors (Lipinski definition) is 4.